The van der Waals surface area contributed by atoms with Gasteiger partial charge in [0, 0.05) is 29.6 Å². The molecule has 0 radical (unpaired) electrons. The van der Waals surface area contributed by atoms with Crippen LogP contribution in [0.25, 0.3) is 32.9 Å². The van der Waals surface area contributed by atoms with Crippen molar-refractivity contribution in [3.05, 3.63) is 89.3 Å². The van der Waals surface area contributed by atoms with E-state index >= 15 is 0 Å². The number of fused-ring (bicyclic) bond motifs is 1. The molecule has 1 amide bonds. The van der Waals surface area contributed by atoms with Gasteiger partial charge in [-0.1, -0.05) is 35.5 Å². The average Bonchev–Trinajstić information content (AvgIpc) is 3.54. The molecule has 3 aromatic carbocycles. The van der Waals surface area contributed by atoms with Crippen LogP contribution in [0.3, 0.4) is 0 Å². The molecular weight excluding hydrogens is 446 g/mol. The molecule has 34 heavy (non-hydrogen) atoms. The Hall–Kier alpha value is -3.97. The summed E-state index contributed by atoms with van der Waals surface area (Å²) in [6.07, 6.45) is 0. The minimum absolute atomic E-state index is 0.0300. The first-order chi connectivity index (χ1) is 16.7. The molecule has 5 rings (SSSR count). The van der Waals surface area contributed by atoms with Gasteiger partial charge in [0.2, 0.25) is 0 Å². The highest BCUT2D eigenvalue weighted by Crippen LogP contribution is 2.33. The van der Waals surface area contributed by atoms with Crippen molar-refractivity contribution in [1.29, 1.82) is 0 Å². The quantitative estimate of drug-likeness (QED) is 0.280. The molecule has 0 aliphatic heterocycles. The highest BCUT2D eigenvalue weighted by molar-refractivity contribution is 7.13. The highest BCUT2D eigenvalue weighted by Gasteiger charge is 2.19. The molecule has 6 nitrogen and oxygen atoms in total. The van der Waals surface area contributed by atoms with Crippen LogP contribution in [0.5, 0.6) is 5.75 Å². The minimum atomic E-state index is -0.0300. The molecule has 0 aliphatic carbocycles. The summed E-state index contributed by atoms with van der Waals surface area (Å²) in [5.41, 5.74) is 4.66. The Balaban J connectivity index is 1.44. The first kappa shape index (κ1) is 21.9. The van der Waals surface area contributed by atoms with E-state index in [0.29, 0.717) is 29.9 Å². The Bertz CT molecular complexity index is 1420. The SMILES string of the molecule is CCN(Cc1ccccc1)C(=O)c1ccc2onc(-c3csc(-c4ccc(OC)cc4)n3)c2c1. The van der Waals surface area contributed by atoms with Crippen LogP contribution in [0.2, 0.25) is 0 Å². The lowest BCUT2D eigenvalue weighted by Gasteiger charge is -2.21. The largest absolute Gasteiger partial charge is 0.497 e. The molecule has 0 bridgehead atoms. The third-order valence-electron chi connectivity index (χ3n) is 5.69. The fourth-order valence-electron chi connectivity index (χ4n) is 3.82. The molecule has 7 heteroatoms. The number of methoxy groups -OCH3 is 1. The van der Waals surface area contributed by atoms with Gasteiger partial charge in [0.15, 0.2) is 5.58 Å². The Morgan fingerprint density at radius 3 is 2.59 bits per heavy atom. The second kappa shape index (κ2) is 9.49. The molecule has 2 heterocycles. The van der Waals surface area contributed by atoms with Crippen molar-refractivity contribution in [2.45, 2.75) is 13.5 Å². The summed E-state index contributed by atoms with van der Waals surface area (Å²) in [5.74, 6) is 0.770. The number of carbonyl (C=O) groups excluding carboxylic acids is 1. The van der Waals surface area contributed by atoms with E-state index in [0.717, 1.165) is 33.0 Å². The average molecular weight is 470 g/mol. The predicted molar refractivity (Wildman–Crippen MR) is 134 cm³/mol. The fraction of sp³-hybridized carbons (Fsp3) is 0.148. The summed E-state index contributed by atoms with van der Waals surface area (Å²) in [4.78, 5) is 19.9. The zero-order valence-corrected chi connectivity index (χ0v) is 19.7. The molecular formula is C27H23N3O3S. The topological polar surface area (TPSA) is 68.5 Å². The number of nitrogens with zero attached hydrogens (tertiary/aromatic N) is 3. The second-order valence-corrected chi connectivity index (χ2v) is 8.67. The van der Waals surface area contributed by atoms with Crippen LogP contribution in [0.4, 0.5) is 0 Å². The molecule has 5 aromatic rings. The lowest BCUT2D eigenvalue weighted by molar-refractivity contribution is 0.0752. The number of benzene rings is 3. The number of carbonyl (C=O) groups is 1. The third kappa shape index (κ3) is 4.30. The zero-order valence-electron chi connectivity index (χ0n) is 18.9. The Labute approximate surface area is 201 Å². The van der Waals surface area contributed by atoms with Crippen molar-refractivity contribution in [2.24, 2.45) is 0 Å². The van der Waals surface area contributed by atoms with E-state index in [1.54, 1.807) is 19.2 Å². The summed E-state index contributed by atoms with van der Waals surface area (Å²) in [6.45, 7) is 3.15. The smallest absolute Gasteiger partial charge is 0.254 e. The van der Waals surface area contributed by atoms with Crippen molar-refractivity contribution in [2.75, 3.05) is 13.7 Å². The third-order valence-corrected chi connectivity index (χ3v) is 6.58. The molecule has 0 saturated heterocycles. The molecule has 0 fully saturated rings. The molecule has 0 saturated carbocycles. The van der Waals surface area contributed by atoms with E-state index in [1.165, 1.54) is 11.3 Å². The van der Waals surface area contributed by atoms with Crippen LogP contribution >= 0.6 is 11.3 Å². The first-order valence-electron chi connectivity index (χ1n) is 11.0. The van der Waals surface area contributed by atoms with Gasteiger partial charge < -0.3 is 14.2 Å². The van der Waals surface area contributed by atoms with Crippen molar-refractivity contribution in [3.8, 4) is 27.7 Å². The Morgan fingerprint density at radius 2 is 1.85 bits per heavy atom. The van der Waals surface area contributed by atoms with E-state index < -0.39 is 0 Å². The molecule has 170 valence electrons. The summed E-state index contributed by atoms with van der Waals surface area (Å²) in [6, 6.07) is 23.2. The van der Waals surface area contributed by atoms with Crippen LogP contribution in [-0.4, -0.2) is 34.6 Å². The number of thiazole rings is 1. The van der Waals surface area contributed by atoms with Crippen LogP contribution in [0.1, 0.15) is 22.8 Å². The van der Waals surface area contributed by atoms with Gasteiger partial charge in [0.25, 0.3) is 5.91 Å². The Morgan fingerprint density at radius 1 is 1.06 bits per heavy atom. The first-order valence-corrected chi connectivity index (χ1v) is 11.9. The van der Waals surface area contributed by atoms with Gasteiger partial charge in [0.05, 0.1) is 12.5 Å². The minimum Gasteiger partial charge on any atom is -0.497 e. The molecule has 0 spiro atoms. The van der Waals surface area contributed by atoms with Crippen LogP contribution < -0.4 is 4.74 Å². The van der Waals surface area contributed by atoms with Crippen molar-refractivity contribution in [3.63, 3.8) is 0 Å². The molecule has 0 unspecified atom stereocenters. The predicted octanol–water partition coefficient (Wildman–Crippen LogP) is 6.29. The number of ether oxygens (including phenoxy) is 1. The van der Waals surface area contributed by atoms with Crippen molar-refractivity contribution >= 4 is 28.2 Å². The zero-order chi connectivity index (χ0) is 23.5. The van der Waals surface area contributed by atoms with Gasteiger partial charge in [0.1, 0.15) is 22.1 Å². The molecule has 0 N–H and O–H groups in total. The maximum atomic E-state index is 13.3. The molecule has 0 atom stereocenters. The van der Waals surface area contributed by atoms with E-state index in [4.69, 9.17) is 14.2 Å². The maximum absolute atomic E-state index is 13.3. The normalized spacial score (nSPS) is 11.0. The summed E-state index contributed by atoms with van der Waals surface area (Å²) < 4.78 is 10.8. The standard InChI is InChI=1S/C27H23N3O3S/c1-3-30(16-18-7-5-4-6-8-18)27(31)20-11-14-24-22(15-20)25(29-33-24)23-17-34-26(28-23)19-9-12-21(32-2)13-10-19/h4-15,17H,3,16H2,1-2H3. The van der Waals surface area contributed by atoms with Gasteiger partial charge in [-0.15, -0.1) is 11.3 Å². The summed E-state index contributed by atoms with van der Waals surface area (Å²) >= 11 is 1.53. The lowest BCUT2D eigenvalue weighted by atomic mass is 10.1. The van der Waals surface area contributed by atoms with Gasteiger partial charge in [-0.05, 0) is 55.0 Å². The van der Waals surface area contributed by atoms with E-state index in [2.05, 4.69) is 5.16 Å². The number of aromatic nitrogens is 2. The van der Waals surface area contributed by atoms with Crippen LogP contribution in [0, 0.1) is 0 Å². The van der Waals surface area contributed by atoms with Crippen LogP contribution in [-0.2, 0) is 6.54 Å². The Kier molecular flexibility index (Phi) is 6.10. The monoisotopic (exact) mass is 469 g/mol. The number of hydrogen-bond acceptors (Lipinski definition) is 6. The summed E-state index contributed by atoms with van der Waals surface area (Å²) in [5, 5.41) is 7.86. The number of amides is 1. The van der Waals surface area contributed by atoms with E-state index in [1.807, 2.05) is 77.9 Å². The van der Waals surface area contributed by atoms with Gasteiger partial charge >= 0.3 is 0 Å². The molecule has 0 aliphatic rings. The fourth-order valence-corrected chi connectivity index (χ4v) is 4.63. The van der Waals surface area contributed by atoms with E-state index in [-0.39, 0.29) is 5.91 Å². The lowest BCUT2D eigenvalue weighted by Crippen LogP contribution is -2.30. The number of rotatable bonds is 7. The van der Waals surface area contributed by atoms with Gasteiger partial charge in [-0.3, -0.25) is 4.79 Å². The van der Waals surface area contributed by atoms with Crippen molar-refractivity contribution < 1.29 is 14.1 Å². The van der Waals surface area contributed by atoms with Gasteiger partial charge in [-0.2, -0.15) is 0 Å². The van der Waals surface area contributed by atoms with Crippen LogP contribution in [0.15, 0.2) is 82.7 Å². The second-order valence-electron chi connectivity index (χ2n) is 7.81. The maximum Gasteiger partial charge on any atom is 0.254 e. The number of hydrogen-bond donors (Lipinski definition) is 0. The molecule has 2 aromatic heterocycles. The van der Waals surface area contributed by atoms with Gasteiger partial charge in [-0.25, -0.2) is 4.98 Å². The van der Waals surface area contributed by atoms with Crippen molar-refractivity contribution in [1.82, 2.24) is 15.0 Å². The van der Waals surface area contributed by atoms with E-state index in [9.17, 15) is 4.79 Å². The highest BCUT2D eigenvalue weighted by atomic mass is 32.1. The summed E-state index contributed by atoms with van der Waals surface area (Å²) in [7, 11) is 1.65.